The monoisotopic (exact) mass is 345 g/mol. The lowest BCUT2D eigenvalue weighted by Gasteiger charge is -2.36. The molecule has 1 N–H and O–H groups in total. The Morgan fingerprint density at radius 2 is 2.04 bits per heavy atom. The van der Waals surface area contributed by atoms with E-state index in [1.54, 1.807) is 12.1 Å². The van der Waals surface area contributed by atoms with E-state index >= 15 is 0 Å². The molecular weight excluding hydrogens is 325 g/mol. The van der Waals surface area contributed by atoms with E-state index in [2.05, 4.69) is 41.7 Å². The predicted octanol–water partition coefficient (Wildman–Crippen LogP) is 4.86. The first-order chi connectivity index (χ1) is 11.1. The summed E-state index contributed by atoms with van der Waals surface area (Å²) < 4.78 is 13.7. The molecular formula is C19H21ClFN3. The second-order valence-electron chi connectivity index (χ2n) is 6.39. The molecule has 4 rings (SSSR count). The molecule has 0 saturated carbocycles. The Morgan fingerprint density at radius 1 is 1.25 bits per heavy atom. The molecule has 0 fully saturated rings. The smallest absolute Gasteiger partial charge is 0.153 e. The van der Waals surface area contributed by atoms with Crippen molar-refractivity contribution in [3.8, 4) is 0 Å². The third-order valence-corrected chi connectivity index (χ3v) is 5.13. The van der Waals surface area contributed by atoms with Crippen LogP contribution in [0.25, 0.3) is 10.9 Å². The molecule has 0 spiro atoms. The highest BCUT2D eigenvalue weighted by Crippen LogP contribution is 2.36. The molecule has 0 aliphatic carbocycles. The third-order valence-electron chi connectivity index (χ3n) is 5.13. The number of aryl methyl sites for hydroxylation is 2. The second kappa shape index (κ2) is 6.10. The van der Waals surface area contributed by atoms with Crippen molar-refractivity contribution in [3.05, 3.63) is 58.7 Å². The normalized spacial score (nSPS) is 16.8. The quantitative estimate of drug-likeness (QED) is 0.682. The molecule has 1 atom stereocenters. The number of hydrogen-bond acceptors (Lipinski definition) is 2. The van der Waals surface area contributed by atoms with Crippen molar-refractivity contribution in [1.82, 2.24) is 9.97 Å². The summed E-state index contributed by atoms with van der Waals surface area (Å²) in [5.74, 6) is 0.788. The summed E-state index contributed by atoms with van der Waals surface area (Å²) in [6.45, 7) is 7.23. The molecule has 1 aliphatic rings. The first-order valence-electron chi connectivity index (χ1n) is 8.05. The third kappa shape index (κ3) is 2.46. The first kappa shape index (κ1) is 16.8. The fourth-order valence-electron chi connectivity index (χ4n) is 3.66. The number of H-pyrrole nitrogens is 1. The van der Waals surface area contributed by atoms with Gasteiger partial charge in [-0.25, -0.2) is 9.37 Å². The van der Waals surface area contributed by atoms with Gasteiger partial charge in [0.15, 0.2) is 5.82 Å². The molecule has 0 radical (unpaired) electrons. The maximum absolute atomic E-state index is 13.7. The zero-order valence-electron chi connectivity index (χ0n) is 14.1. The molecule has 3 nitrogen and oxygen atoms in total. The van der Waals surface area contributed by atoms with Crippen LogP contribution in [0.5, 0.6) is 0 Å². The summed E-state index contributed by atoms with van der Waals surface area (Å²) in [4.78, 5) is 10.4. The van der Waals surface area contributed by atoms with Gasteiger partial charge in [0, 0.05) is 23.8 Å². The molecule has 126 valence electrons. The zero-order valence-corrected chi connectivity index (χ0v) is 14.9. The molecule has 1 aromatic carbocycles. The van der Waals surface area contributed by atoms with E-state index < -0.39 is 0 Å². The minimum atomic E-state index is -0.171. The Morgan fingerprint density at radius 3 is 2.83 bits per heavy atom. The van der Waals surface area contributed by atoms with Gasteiger partial charge in [-0.05, 0) is 62.1 Å². The van der Waals surface area contributed by atoms with Gasteiger partial charge >= 0.3 is 0 Å². The van der Waals surface area contributed by atoms with Gasteiger partial charge in [0.25, 0.3) is 0 Å². The van der Waals surface area contributed by atoms with Crippen LogP contribution in [0.15, 0.2) is 30.5 Å². The topological polar surface area (TPSA) is 31.9 Å². The SMILES string of the molecule is Cc1[nH]c2c(N3CCc4ccc(F)cc4C3C)nccc2c1C.Cl. The standard InChI is InChI=1S/C19H20FN3.ClH/c1-11-12(2)22-18-16(11)6-8-21-19(18)23-9-7-14-4-5-15(20)10-17(14)13(23)3;/h4-6,8,10,13,22H,7,9H2,1-3H3;1H. The Labute approximate surface area is 147 Å². The van der Waals surface area contributed by atoms with Gasteiger partial charge in [0.05, 0.1) is 11.6 Å². The minimum absolute atomic E-state index is 0. The lowest BCUT2D eigenvalue weighted by Crippen LogP contribution is -2.34. The Balaban J connectivity index is 0.00000169. The second-order valence-corrected chi connectivity index (χ2v) is 6.39. The van der Waals surface area contributed by atoms with Crippen LogP contribution >= 0.6 is 12.4 Å². The highest BCUT2D eigenvalue weighted by Gasteiger charge is 2.27. The van der Waals surface area contributed by atoms with Crippen molar-refractivity contribution < 1.29 is 4.39 Å². The fraction of sp³-hybridized carbons (Fsp3) is 0.316. The summed E-state index contributed by atoms with van der Waals surface area (Å²) in [7, 11) is 0. The number of pyridine rings is 1. The predicted molar refractivity (Wildman–Crippen MR) is 98.7 cm³/mol. The number of rotatable bonds is 1. The number of aromatic nitrogens is 2. The molecule has 3 heterocycles. The van der Waals surface area contributed by atoms with E-state index in [0.717, 1.165) is 29.9 Å². The van der Waals surface area contributed by atoms with Crippen LogP contribution in [0.2, 0.25) is 0 Å². The first-order valence-corrected chi connectivity index (χ1v) is 8.05. The van der Waals surface area contributed by atoms with Crippen LogP contribution < -0.4 is 4.90 Å². The van der Waals surface area contributed by atoms with Crippen molar-refractivity contribution >= 4 is 29.1 Å². The zero-order chi connectivity index (χ0) is 16.1. The summed E-state index contributed by atoms with van der Waals surface area (Å²) >= 11 is 0. The van der Waals surface area contributed by atoms with Crippen molar-refractivity contribution in [2.75, 3.05) is 11.4 Å². The maximum Gasteiger partial charge on any atom is 0.153 e. The Bertz CT molecular complexity index is 903. The molecule has 0 amide bonds. The van der Waals surface area contributed by atoms with Crippen molar-refractivity contribution in [2.45, 2.75) is 33.2 Å². The fourth-order valence-corrected chi connectivity index (χ4v) is 3.66. The van der Waals surface area contributed by atoms with Gasteiger partial charge in [0.2, 0.25) is 0 Å². The largest absolute Gasteiger partial charge is 0.355 e. The summed E-state index contributed by atoms with van der Waals surface area (Å²) in [6.07, 6.45) is 2.78. The van der Waals surface area contributed by atoms with Crippen LogP contribution in [-0.4, -0.2) is 16.5 Å². The van der Waals surface area contributed by atoms with Crippen molar-refractivity contribution in [3.63, 3.8) is 0 Å². The lowest BCUT2D eigenvalue weighted by molar-refractivity contribution is 0.591. The molecule has 24 heavy (non-hydrogen) atoms. The van der Waals surface area contributed by atoms with Crippen LogP contribution in [0.3, 0.4) is 0 Å². The van der Waals surface area contributed by atoms with E-state index in [-0.39, 0.29) is 24.3 Å². The molecule has 0 saturated heterocycles. The summed E-state index contributed by atoms with van der Waals surface area (Å²) in [6, 6.07) is 7.29. The number of hydrogen-bond donors (Lipinski definition) is 1. The summed E-state index contributed by atoms with van der Waals surface area (Å²) in [5.41, 5.74) is 5.82. The maximum atomic E-state index is 13.7. The van der Waals surface area contributed by atoms with Crippen molar-refractivity contribution in [1.29, 1.82) is 0 Å². The number of halogens is 2. The van der Waals surface area contributed by atoms with Gasteiger partial charge in [-0.2, -0.15) is 0 Å². The van der Waals surface area contributed by atoms with Gasteiger partial charge in [-0.15, -0.1) is 12.4 Å². The van der Waals surface area contributed by atoms with E-state index in [9.17, 15) is 4.39 Å². The lowest BCUT2D eigenvalue weighted by atomic mass is 9.93. The highest BCUT2D eigenvalue weighted by atomic mass is 35.5. The number of anilines is 1. The van der Waals surface area contributed by atoms with E-state index in [1.165, 1.54) is 22.2 Å². The van der Waals surface area contributed by atoms with Crippen LogP contribution in [0.4, 0.5) is 10.2 Å². The van der Waals surface area contributed by atoms with E-state index in [1.807, 2.05) is 12.3 Å². The number of benzene rings is 1. The highest BCUT2D eigenvalue weighted by molar-refractivity contribution is 5.92. The Kier molecular flexibility index (Phi) is 4.26. The average molecular weight is 346 g/mol. The van der Waals surface area contributed by atoms with Crippen LogP contribution in [0.1, 0.15) is 35.3 Å². The minimum Gasteiger partial charge on any atom is -0.355 e. The Hall–Kier alpha value is -2.07. The van der Waals surface area contributed by atoms with E-state index in [4.69, 9.17) is 0 Å². The molecule has 1 unspecified atom stereocenters. The molecule has 1 aliphatic heterocycles. The number of fused-ring (bicyclic) bond motifs is 2. The average Bonchev–Trinajstić information content (AvgIpc) is 2.84. The van der Waals surface area contributed by atoms with Crippen LogP contribution in [-0.2, 0) is 6.42 Å². The van der Waals surface area contributed by atoms with Gasteiger partial charge < -0.3 is 9.88 Å². The molecule has 5 heteroatoms. The van der Waals surface area contributed by atoms with Gasteiger partial charge in [-0.1, -0.05) is 6.07 Å². The van der Waals surface area contributed by atoms with Gasteiger partial charge in [-0.3, -0.25) is 0 Å². The van der Waals surface area contributed by atoms with Crippen molar-refractivity contribution in [2.24, 2.45) is 0 Å². The summed E-state index contributed by atoms with van der Waals surface area (Å²) in [5, 5.41) is 1.21. The van der Waals surface area contributed by atoms with Crippen LogP contribution in [0, 0.1) is 19.7 Å². The number of nitrogens with zero attached hydrogens (tertiary/aromatic N) is 2. The molecule has 2 aromatic heterocycles. The molecule has 3 aromatic rings. The number of nitrogens with one attached hydrogen (secondary N) is 1. The molecule has 0 bridgehead atoms. The number of aromatic amines is 1. The van der Waals surface area contributed by atoms with Gasteiger partial charge in [0.1, 0.15) is 5.82 Å². The van der Waals surface area contributed by atoms with E-state index in [0.29, 0.717) is 0 Å².